The van der Waals surface area contributed by atoms with Crippen LogP contribution >= 0.6 is 15.9 Å². The fourth-order valence-electron chi connectivity index (χ4n) is 2.16. The zero-order chi connectivity index (χ0) is 17.4. The van der Waals surface area contributed by atoms with Crippen molar-refractivity contribution in [1.82, 2.24) is 5.32 Å². The number of esters is 1. The minimum absolute atomic E-state index is 0.283. The van der Waals surface area contributed by atoms with E-state index >= 15 is 0 Å². The van der Waals surface area contributed by atoms with Crippen molar-refractivity contribution in [3.05, 3.63) is 64.1 Å². The van der Waals surface area contributed by atoms with Crippen LogP contribution in [0.15, 0.2) is 53.0 Å². The number of carbonyl (C=O) groups is 2. The predicted octanol–water partition coefficient (Wildman–Crippen LogP) is 3.99. The van der Waals surface area contributed by atoms with Crippen LogP contribution < -0.4 is 10.6 Å². The van der Waals surface area contributed by atoms with Gasteiger partial charge in [0.15, 0.2) is 0 Å². The molecule has 0 unspecified atom stereocenters. The van der Waals surface area contributed by atoms with Gasteiger partial charge in [-0.1, -0.05) is 46.3 Å². The molecule has 6 heteroatoms. The molecular weight excluding hydrogens is 372 g/mol. The van der Waals surface area contributed by atoms with E-state index in [2.05, 4.69) is 26.6 Å². The largest absolute Gasteiger partial charge is 0.462 e. The molecule has 0 heterocycles. The second kappa shape index (κ2) is 9.08. The average Bonchev–Trinajstić information content (AvgIpc) is 2.57. The first-order valence-corrected chi connectivity index (χ1v) is 8.45. The highest BCUT2D eigenvalue weighted by Gasteiger charge is 2.13. The molecule has 0 bridgehead atoms. The molecule has 0 saturated carbocycles. The molecule has 0 radical (unpaired) electrons. The molecule has 0 aromatic heterocycles. The Morgan fingerprint density at radius 2 is 1.79 bits per heavy atom. The number of carbonyl (C=O) groups excluding carboxylic acids is 2. The molecule has 2 amide bonds. The molecule has 0 atom stereocenters. The summed E-state index contributed by atoms with van der Waals surface area (Å²) in [6.07, 6.45) is 0.703. The summed E-state index contributed by atoms with van der Waals surface area (Å²) in [5.41, 5.74) is 1.87. The summed E-state index contributed by atoms with van der Waals surface area (Å²) < 4.78 is 6.00. The molecule has 126 valence electrons. The number of para-hydroxylation sites is 1. The van der Waals surface area contributed by atoms with Gasteiger partial charge >= 0.3 is 12.0 Å². The molecule has 0 aliphatic carbocycles. The smallest absolute Gasteiger partial charge is 0.340 e. The molecule has 0 saturated heterocycles. The first-order valence-electron chi connectivity index (χ1n) is 7.66. The van der Waals surface area contributed by atoms with Gasteiger partial charge in [-0.3, -0.25) is 0 Å². The summed E-state index contributed by atoms with van der Waals surface area (Å²) in [4.78, 5) is 23.9. The van der Waals surface area contributed by atoms with Gasteiger partial charge in [0, 0.05) is 11.0 Å². The lowest BCUT2D eigenvalue weighted by Crippen LogP contribution is -2.31. The topological polar surface area (TPSA) is 67.4 Å². The highest BCUT2D eigenvalue weighted by atomic mass is 79.9. The van der Waals surface area contributed by atoms with Crippen LogP contribution in [0.4, 0.5) is 10.5 Å². The van der Waals surface area contributed by atoms with E-state index in [9.17, 15) is 9.59 Å². The van der Waals surface area contributed by atoms with E-state index in [1.54, 1.807) is 31.2 Å². The van der Waals surface area contributed by atoms with Crippen LogP contribution in [0.2, 0.25) is 0 Å². The molecule has 2 N–H and O–H groups in total. The molecule has 0 fully saturated rings. The van der Waals surface area contributed by atoms with Gasteiger partial charge in [-0.2, -0.15) is 0 Å². The summed E-state index contributed by atoms with van der Waals surface area (Å²) in [5, 5.41) is 5.47. The second-order valence-electron chi connectivity index (χ2n) is 4.99. The Bertz CT molecular complexity index is 719. The molecule has 2 aromatic carbocycles. The minimum atomic E-state index is -0.457. The molecule has 2 aromatic rings. The number of ether oxygens (including phenoxy) is 1. The first-order chi connectivity index (χ1) is 11.6. The number of urea groups is 1. The second-order valence-corrected chi connectivity index (χ2v) is 5.84. The van der Waals surface area contributed by atoms with Gasteiger partial charge in [0.25, 0.3) is 0 Å². The predicted molar refractivity (Wildman–Crippen MR) is 97.3 cm³/mol. The Morgan fingerprint density at radius 3 is 2.54 bits per heavy atom. The van der Waals surface area contributed by atoms with Crippen molar-refractivity contribution in [2.75, 3.05) is 18.5 Å². The van der Waals surface area contributed by atoms with Gasteiger partial charge in [0.2, 0.25) is 0 Å². The molecule has 2 rings (SSSR count). The number of benzene rings is 2. The molecule has 0 aliphatic rings. The van der Waals surface area contributed by atoms with Crippen LogP contribution in [-0.2, 0) is 11.2 Å². The van der Waals surface area contributed by atoms with Crippen molar-refractivity contribution in [3.63, 3.8) is 0 Å². The third-order valence-corrected chi connectivity index (χ3v) is 4.08. The Kier molecular flexibility index (Phi) is 6.81. The van der Waals surface area contributed by atoms with Crippen molar-refractivity contribution in [2.45, 2.75) is 13.3 Å². The van der Waals surface area contributed by atoms with Crippen molar-refractivity contribution in [1.29, 1.82) is 0 Å². The fourth-order valence-corrected chi connectivity index (χ4v) is 2.64. The van der Waals surface area contributed by atoms with Crippen LogP contribution in [-0.4, -0.2) is 25.2 Å². The minimum Gasteiger partial charge on any atom is -0.462 e. The monoisotopic (exact) mass is 390 g/mol. The number of amides is 2. The van der Waals surface area contributed by atoms with Gasteiger partial charge in [-0.05, 0) is 37.1 Å². The Labute approximate surface area is 149 Å². The quantitative estimate of drug-likeness (QED) is 0.732. The summed E-state index contributed by atoms with van der Waals surface area (Å²) in [6, 6.07) is 14.3. The number of anilines is 1. The summed E-state index contributed by atoms with van der Waals surface area (Å²) >= 11 is 3.48. The SMILES string of the molecule is CCOC(=O)c1ccccc1NC(=O)NCCc1ccccc1Br. The van der Waals surface area contributed by atoms with Gasteiger partial charge < -0.3 is 15.4 Å². The lowest BCUT2D eigenvalue weighted by molar-refractivity contribution is 0.0527. The van der Waals surface area contributed by atoms with Crippen molar-refractivity contribution in [3.8, 4) is 0 Å². The van der Waals surface area contributed by atoms with Crippen molar-refractivity contribution in [2.24, 2.45) is 0 Å². The zero-order valence-corrected chi connectivity index (χ0v) is 14.9. The van der Waals surface area contributed by atoms with Crippen molar-refractivity contribution < 1.29 is 14.3 Å². The third kappa shape index (κ3) is 5.09. The Balaban J connectivity index is 1.91. The molecule has 0 spiro atoms. The maximum atomic E-state index is 12.0. The van der Waals surface area contributed by atoms with Crippen LogP contribution in [0, 0.1) is 0 Å². The normalized spacial score (nSPS) is 10.1. The zero-order valence-electron chi connectivity index (χ0n) is 13.3. The summed E-state index contributed by atoms with van der Waals surface area (Å²) in [6.45, 7) is 2.50. The van der Waals surface area contributed by atoms with E-state index in [1.165, 1.54) is 0 Å². The highest BCUT2D eigenvalue weighted by Crippen LogP contribution is 2.17. The van der Waals surface area contributed by atoms with Crippen LogP contribution in [0.25, 0.3) is 0 Å². The maximum absolute atomic E-state index is 12.0. The number of halogens is 1. The van der Waals surface area contributed by atoms with E-state index in [-0.39, 0.29) is 12.6 Å². The van der Waals surface area contributed by atoms with E-state index < -0.39 is 5.97 Å². The van der Waals surface area contributed by atoms with Gasteiger partial charge in [-0.25, -0.2) is 9.59 Å². The summed E-state index contributed by atoms with van der Waals surface area (Å²) in [7, 11) is 0. The fraction of sp³-hybridized carbons (Fsp3) is 0.222. The average molecular weight is 391 g/mol. The number of hydrogen-bond donors (Lipinski definition) is 2. The molecule has 24 heavy (non-hydrogen) atoms. The van der Waals surface area contributed by atoms with Crippen LogP contribution in [0.1, 0.15) is 22.8 Å². The van der Waals surface area contributed by atoms with Crippen molar-refractivity contribution >= 4 is 33.6 Å². The Hall–Kier alpha value is -2.34. The third-order valence-electron chi connectivity index (χ3n) is 3.31. The number of rotatable bonds is 6. The highest BCUT2D eigenvalue weighted by molar-refractivity contribution is 9.10. The van der Waals surface area contributed by atoms with Crippen LogP contribution in [0.3, 0.4) is 0 Å². The lowest BCUT2D eigenvalue weighted by Gasteiger charge is -2.11. The van der Waals surface area contributed by atoms with E-state index in [0.29, 0.717) is 24.2 Å². The first kappa shape index (κ1) is 18.0. The number of nitrogens with one attached hydrogen (secondary N) is 2. The standard InChI is InChI=1S/C18H19BrN2O3/c1-2-24-17(22)14-8-4-6-10-16(14)21-18(23)20-12-11-13-7-3-5-9-15(13)19/h3-10H,2,11-12H2,1H3,(H2,20,21,23). The van der Waals surface area contributed by atoms with E-state index in [4.69, 9.17) is 4.74 Å². The van der Waals surface area contributed by atoms with Gasteiger partial charge in [-0.15, -0.1) is 0 Å². The molecule has 5 nitrogen and oxygen atoms in total. The van der Waals surface area contributed by atoms with Gasteiger partial charge in [0.05, 0.1) is 17.9 Å². The van der Waals surface area contributed by atoms with Crippen LogP contribution in [0.5, 0.6) is 0 Å². The Morgan fingerprint density at radius 1 is 1.08 bits per heavy atom. The molecular formula is C18H19BrN2O3. The lowest BCUT2D eigenvalue weighted by atomic mass is 10.1. The van der Waals surface area contributed by atoms with E-state index in [1.807, 2.05) is 24.3 Å². The maximum Gasteiger partial charge on any atom is 0.340 e. The van der Waals surface area contributed by atoms with Gasteiger partial charge in [0.1, 0.15) is 0 Å². The molecule has 0 aliphatic heterocycles. The van der Waals surface area contributed by atoms with E-state index in [0.717, 1.165) is 10.0 Å². The number of hydrogen-bond acceptors (Lipinski definition) is 3. The summed E-state index contributed by atoms with van der Waals surface area (Å²) in [5.74, 6) is -0.457.